The van der Waals surface area contributed by atoms with E-state index in [1.54, 1.807) is 0 Å². The van der Waals surface area contributed by atoms with E-state index >= 15 is 0 Å². The van der Waals surface area contributed by atoms with Crippen LogP contribution in [0.5, 0.6) is 0 Å². The van der Waals surface area contributed by atoms with E-state index in [0.29, 0.717) is 12.2 Å². The molecule has 2 aromatic rings. The summed E-state index contributed by atoms with van der Waals surface area (Å²) in [6.45, 7) is 0. The molecule has 0 aliphatic carbocycles. The first-order valence-electron chi connectivity index (χ1n) is 6.48. The summed E-state index contributed by atoms with van der Waals surface area (Å²) in [7, 11) is -2.83. The third-order valence-electron chi connectivity index (χ3n) is 3.72. The number of para-hydroxylation sites is 1. The molecule has 1 aliphatic heterocycles. The lowest BCUT2D eigenvalue weighted by Gasteiger charge is -2.12. The highest BCUT2D eigenvalue weighted by atomic mass is 32.2. The van der Waals surface area contributed by atoms with Crippen LogP contribution >= 0.6 is 0 Å². The molecule has 0 bridgehead atoms. The number of benzene rings is 1. The van der Waals surface area contributed by atoms with Crippen LogP contribution in [0.1, 0.15) is 24.6 Å². The van der Waals surface area contributed by atoms with E-state index in [1.807, 2.05) is 30.3 Å². The van der Waals surface area contributed by atoms with Crippen molar-refractivity contribution in [2.75, 3.05) is 11.5 Å². The molecule has 2 unspecified atom stereocenters. The van der Waals surface area contributed by atoms with Crippen molar-refractivity contribution in [3.8, 4) is 0 Å². The zero-order valence-electron chi connectivity index (χ0n) is 10.6. The molecule has 0 saturated carbocycles. The first kappa shape index (κ1) is 12.7. The molecule has 0 radical (unpaired) electrons. The lowest BCUT2D eigenvalue weighted by atomic mass is 9.98. The topological polar surface area (TPSA) is 73.3 Å². The maximum absolute atomic E-state index is 11.4. The summed E-state index contributed by atoms with van der Waals surface area (Å²) in [4.78, 5) is 0. The minimum atomic E-state index is -2.83. The Morgan fingerprint density at radius 1 is 1.37 bits per heavy atom. The molecule has 19 heavy (non-hydrogen) atoms. The summed E-state index contributed by atoms with van der Waals surface area (Å²) >= 11 is 0. The smallest absolute Gasteiger partial charge is 0.150 e. The van der Waals surface area contributed by atoms with Crippen LogP contribution in [0, 0.1) is 5.92 Å². The van der Waals surface area contributed by atoms with Crippen LogP contribution in [0.3, 0.4) is 0 Å². The zero-order valence-corrected chi connectivity index (χ0v) is 11.4. The Morgan fingerprint density at radius 3 is 2.84 bits per heavy atom. The van der Waals surface area contributed by atoms with E-state index in [9.17, 15) is 8.42 Å². The van der Waals surface area contributed by atoms with E-state index in [0.717, 1.165) is 23.2 Å². The minimum Gasteiger partial charge on any atom is -0.459 e. The van der Waals surface area contributed by atoms with Crippen molar-refractivity contribution in [1.29, 1.82) is 0 Å². The van der Waals surface area contributed by atoms with Crippen molar-refractivity contribution in [3.63, 3.8) is 0 Å². The molecule has 1 fully saturated rings. The average Bonchev–Trinajstić information content (AvgIpc) is 2.92. The third kappa shape index (κ3) is 2.67. The molecule has 1 saturated heterocycles. The Hall–Kier alpha value is -1.33. The Morgan fingerprint density at radius 2 is 2.16 bits per heavy atom. The van der Waals surface area contributed by atoms with Gasteiger partial charge in [0.25, 0.3) is 0 Å². The molecule has 2 heterocycles. The van der Waals surface area contributed by atoms with E-state index in [4.69, 9.17) is 10.2 Å². The average molecular weight is 279 g/mol. The molecule has 2 atom stereocenters. The predicted molar refractivity (Wildman–Crippen MR) is 74.5 cm³/mol. The second kappa shape index (κ2) is 4.65. The van der Waals surface area contributed by atoms with E-state index < -0.39 is 9.84 Å². The van der Waals surface area contributed by atoms with Crippen molar-refractivity contribution in [2.24, 2.45) is 11.7 Å². The van der Waals surface area contributed by atoms with E-state index in [2.05, 4.69) is 0 Å². The molecule has 102 valence electrons. The third-order valence-corrected chi connectivity index (χ3v) is 5.56. The van der Waals surface area contributed by atoms with Gasteiger partial charge in [-0.15, -0.1) is 0 Å². The van der Waals surface area contributed by atoms with Gasteiger partial charge in [-0.05, 0) is 30.9 Å². The highest BCUT2D eigenvalue weighted by Crippen LogP contribution is 2.30. The van der Waals surface area contributed by atoms with E-state index in [1.165, 1.54) is 0 Å². The van der Waals surface area contributed by atoms with Gasteiger partial charge in [0.15, 0.2) is 9.84 Å². The number of sulfone groups is 1. The molecular formula is C14H17NO3S. The van der Waals surface area contributed by atoms with Gasteiger partial charge in [0.2, 0.25) is 0 Å². The molecule has 1 aliphatic rings. The van der Waals surface area contributed by atoms with Crippen LogP contribution in [0.4, 0.5) is 0 Å². The number of hydrogen-bond acceptors (Lipinski definition) is 4. The maximum atomic E-state index is 11.4. The summed E-state index contributed by atoms with van der Waals surface area (Å²) in [5.41, 5.74) is 6.96. The molecule has 5 heteroatoms. The van der Waals surface area contributed by atoms with Gasteiger partial charge in [-0.2, -0.15) is 0 Å². The van der Waals surface area contributed by atoms with Gasteiger partial charge in [0, 0.05) is 5.39 Å². The first-order valence-corrected chi connectivity index (χ1v) is 8.30. The maximum Gasteiger partial charge on any atom is 0.150 e. The molecular weight excluding hydrogens is 262 g/mol. The lowest BCUT2D eigenvalue weighted by molar-refractivity contribution is 0.419. The van der Waals surface area contributed by atoms with E-state index in [-0.39, 0.29) is 17.7 Å². The summed E-state index contributed by atoms with van der Waals surface area (Å²) in [5.74, 6) is 1.46. The van der Waals surface area contributed by atoms with Crippen LogP contribution in [0.25, 0.3) is 11.0 Å². The van der Waals surface area contributed by atoms with Crippen LogP contribution in [0.15, 0.2) is 34.7 Å². The molecule has 4 nitrogen and oxygen atoms in total. The molecule has 2 N–H and O–H groups in total. The Bertz CT molecular complexity index is 657. The van der Waals surface area contributed by atoms with Gasteiger partial charge in [0.05, 0.1) is 17.5 Å². The number of hydrogen-bond donors (Lipinski definition) is 1. The van der Waals surface area contributed by atoms with Gasteiger partial charge >= 0.3 is 0 Å². The number of nitrogens with two attached hydrogens (primary N) is 1. The summed E-state index contributed by atoms with van der Waals surface area (Å²) in [6, 6.07) is 9.48. The highest BCUT2D eigenvalue weighted by molar-refractivity contribution is 7.91. The monoisotopic (exact) mass is 279 g/mol. The van der Waals surface area contributed by atoms with Gasteiger partial charge in [0.1, 0.15) is 11.3 Å². The number of furan rings is 1. The molecule has 0 amide bonds. The van der Waals surface area contributed by atoms with Crippen LogP contribution in [-0.2, 0) is 9.84 Å². The number of rotatable bonds is 3. The predicted octanol–water partition coefficient (Wildman–Crippen LogP) is 2.26. The number of fused-ring (bicyclic) bond motifs is 1. The van der Waals surface area contributed by atoms with Gasteiger partial charge in [-0.25, -0.2) is 8.42 Å². The highest BCUT2D eigenvalue weighted by Gasteiger charge is 2.30. The van der Waals surface area contributed by atoms with Crippen LogP contribution in [-0.4, -0.2) is 19.9 Å². The molecule has 3 rings (SSSR count). The second-order valence-electron chi connectivity index (χ2n) is 5.30. The zero-order chi connectivity index (χ0) is 13.5. The normalized spacial score (nSPS) is 23.7. The SMILES string of the molecule is NC(CC1CCS(=O)(=O)C1)c1cc2ccccc2o1. The first-order chi connectivity index (χ1) is 9.03. The molecule has 1 aromatic heterocycles. The Balaban J connectivity index is 1.75. The molecule has 1 aromatic carbocycles. The van der Waals surface area contributed by atoms with Crippen molar-refractivity contribution >= 4 is 20.8 Å². The van der Waals surface area contributed by atoms with Gasteiger partial charge in [-0.3, -0.25) is 0 Å². The standard InChI is InChI=1S/C14H17NO3S/c15-12(7-10-5-6-19(16,17)9-10)14-8-11-3-1-2-4-13(11)18-14/h1-4,8,10,12H,5-7,9,15H2. The van der Waals surface area contributed by atoms with Crippen molar-refractivity contribution in [1.82, 2.24) is 0 Å². The van der Waals surface area contributed by atoms with Crippen molar-refractivity contribution in [2.45, 2.75) is 18.9 Å². The Kier molecular flexibility index (Phi) is 3.11. The fourth-order valence-corrected chi connectivity index (χ4v) is 4.60. The van der Waals surface area contributed by atoms with Crippen molar-refractivity contribution < 1.29 is 12.8 Å². The summed E-state index contributed by atoms with van der Waals surface area (Å²) in [5, 5.41) is 1.03. The van der Waals surface area contributed by atoms with Gasteiger partial charge in [-0.1, -0.05) is 18.2 Å². The fourth-order valence-electron chi connectivity index (χ4n) is 2.72. The second-order valence-corrected chi connectivity index (χ2v) is 7.53. The minimum absolute atomic E-state index is 0.160. The summed E-state index contributed by atoms with van der Waals surface area (Å²) in [6.07, 6.45) is 1.38. The van der Waals surface area contributed by atoms with Crippen LogP contribution in [0.2, 0.25) is 0 Å². The lowest BCUT2D eigenvalue weighted by Crippen LogP contribution is -2.15. The quantitative estimate of drug-likeness (QED) is 0.935. The molecule has 0 spiro atoms. The van der Waals surface area contributed by atoms with Gasteiger partial charge < -0.3 is 10.2 Å². The van der Waals surface area contributed by atoms with Crippen LogP contribution < -0.4 is 5.73 Å². The largest absolute Gasteiger partial charge is 0.459 e. The van der Waals surface area contributed by atoms with Crippen molar-refractivity contribution in [3.05, 3.63) is 36.1 Å². The fraction of sp³-hybridized carbons (Fsp3) is 0.429. The summed E-state index contributed by atoms with van der Waals surface area (Å²) < 4.78 is 28.6. The Labute approximate surface area is 112 Å².